The van der Waals surface area contributed by atoms with Gasteiger partial charge in [0.2, 0.25) is 0 Å². The number of hydrogen-bond acceptors (Lipinski definition) is 3. The van der Waals surface area contributed by atoms with E-state index in [2.05, 4.69) is 11.4 Å². The Bertz CT molecular complexity index is 606. The minimum absolute atomic E-state index is 0.281. The molecule has 0 saturated carbocycles. The highest BCUT2D eigenvalue weighted by molar-refractivity contribution is 5.87. The topological polar surface area (TPSA) is 58.6 Å². The molecule has 0 saturated heterocycles. The molecule has 0 bridgehead atoms. The fraction of sp³-hybridized carbons (Fsp3) is 0.188. The lowest BCUT2D eigenvalue weighted by Crippen LogP contribution is -2.03. The van der Waals surface area contributed by atoms with Crippen molar-refractivity contribution in [1.29, 1.82) is 0 Å². The van der Waals surface area contributed by atoms with Gasteiger partial charge in [-0.25, -0.2) is 4.79 Å². The number of benzene rings is 2. The zero-order valence-corrected chi connectivity index (χ0v) is 11.5. The summed E-state index contributed by atoms with van der Waals surface area (Å²) in [4.78, 5) is 10.8. The number of hydrogen-bond donors (Lipinski definition) is 2. The van der Waals surface area contributed by atoms with E-state index in [0.29, 0.717) is 6.54 Å². The average Bonchev–Trinajstić information content (AvgIpc) is 2.45. The van der Waals surface area contributed by atoms with Crippen LogP contribution in [-0.2, 0) is 6.54 Å². The van der Waals surface area contributed by atoms with Crippen molar-refractivity contribution >= 4 is 11.7 Å². The molecule has 104 valence electrons. The third-order valence-electron chi connectivity index (χ3n) is 3.05. The SMILES string of the molecule is COc1ccc(C)cc1CNc1ccc(C(=O)O)cc1. The molecule has 2 N–H and O–H groups in total. The first-order chi connectivity index (χ1) is 9.60. The first-order valence-corrected chi connectivity index (χ1v) is 6.31. The van der Waals surface area contributed by atoms with Crippen LogP contribution in [0.15, 0.2) is 42.5 Å². The van der Waals surface area contributed by atoms with Crippen LogP contribution in [0, 0.1) is 6.92 Å². The van der Waals surface area contributed by atoms with Crippen LogP contribution >= 0.6 is 0 Å². The molecule has 0 heterocycles. The van der Waals surface area contributed by atoms with Gasteiger partial charge in [0, 0.05) is 17.8 Å². The molecule has 4 heteroatoms. The number of nitrogens with one attached hydrogen (secondary N) is 1. The minimum Gasteiger partial charge on any atom is -0.496 e. The van der Waals surface area contributed by atoms with Gasteiger partial charge in [-0.3, -0.25) is 0 Å². The van der Waals surface area contributed by atoms with Crippen molar-refractivity contribution in [2.45, 2.75) is 13.5 Å². The van der Waals surface area contributed by atoms with Crippen molar-refractivity contribution in [3.8, 4) is 5.75 Å². The molecule has 4 nitrogen and oxygen atoms in total. The maximum atomic E-state index is 10.8. The average molecular weight is 271 g/mol. The minimum atomic E-state index is -0.920. The van der Waals surface area contributed by atoms with Crippen molar-refractivity contribution in [1.82, 2.24) is 0 Å². The third-order valence-corrected chi connectivity index (χ3v) is 3.05. The van der Waals surface area contributed by atoms with Crippen molar-refractivity contribution in [2.24, 2.45) is 0 Å². The molecule has 2 rings (SSSR count). The normalized spacial score (nSPS) is 10.1. The highest BCUT2D eigenvalue weighted by Crippen LogP contribution is 2.21. The number of anilines is 1. The predicted octanol–water partition coefficient (Wildman–Crippen LogP) is 3.31. The predicted molar refractivity (Wildman–Crippen MR) is 78.5 cm³/mol. The lowest BCUT2D eigenvalue weighted by molar-refractivity contribution is 0.0697. The Hall–Kier alpha value is -2.49. The second-order valence-corrected chi connectivity index (χ2v) is 4.55. The lowest BCUT2D eigenvalue weighted by atomic mass is 10.1. The molecule has 0 amide bonds. The fourth-order valence-electron chi connectivity index (χ4n) is 1.97. The molecular weight excluding hydrogens is 254 g/mol. The standard InChI is InChI=1S/C16H17NO3/c1-11-3-8-15(20-2)13(9-11)10-17-14-6-4-12(5-7-14)16(18)19/h3-9,17H,10H2,1-2H3,(H,18,19). The summed E-state index contributed by atoms with van der Waals surface area (Å²) in [5, 5.41) is 12.1. The Morgan fingerprint density at radius 2 is 1.90 bits per heavy atom. The van der Waals surface area contributed by atoms with Crippen LogP contribution < -0.4 is 10.1 Å². The van der Waals surface area contributed by atoms with Gasteiger partial charge in [-0.1, -0.05) is 17.7 Å². The van der Waals surface area contributed by atoms with Crippen LogP contribution in [-0.4, -0.2) is 18.2 Å². The highest BCUT2D eigenvalue weighted by atomic mass is 16.5. The third kappa shape index (κ3) is 3.29. The summed E-state index contributed by atoms with van der Waals surface area (Å²) in [6, 6.07) is 12.7. The molecule has 2 aromatic rings. The Balaban J connectivity index is 2.08. The largest absolute Gasteiger partial charge is 0.496 e. The maximum Gasteiger partial charge on any atom is 0.335 e. The van der Waals surface area contributed by atoms with E-state index in [0.717, 1.165) is 17.0 Å². The number of carboxylic acids is 1. The molecule has 0 unspecified atom stereocenters. The number of methoxy groups -OCH3 is 1. The molecule has 0 aliphatic rings. The van der Waals surface area contributed by atoms with Crippen LogP contribution in [0.1, 0.15) is 21.5 Å². The Morgan fingerprint density at radius 3 is 2.50 bits per heavy atom. The first kappa shape index (κ1) is 13.9. The summed E-state index contributed by atoms with van der Waals surface area (Å²) in [5.74, 6) is -0.0813. The summed E-state index contributed by atoms with van der Waals surface area (Å²) in [7, 11) is 1.65. The van der Waals surface area contributed by atoms with Gasteiger partial charge in [0.15, 0.2) is 0 Å². The van der Waals surface area contributed by atoms with Crippen molar-refractivity contribution in [2.75, 3.05) is 12.4 Å². The van der Waals surface area contributed by atoms with Crippen molar-refractivity contribution < 1.29 is 14.6 Å². The molecule has 2 aromatic carbocycles. The van der Waals surface area contributed by atoms with E-state index in [4.69, 9.17) is 9.84 Å². The van der Waals surface area contributed by atoms with Crippen LogP contribution in [0.4, 0.5) is 5.69 Å². The van der Waals surface area contributed by atoms with Gasteiger partial charge in [0.1, 0.15) is 5.75 Å². The lowest BCUT2D eigenvalue weighted by Gasteiger charge is -2.11. The Labute approximate surface area is 118 Å². The number of aromatic carboxylic acids is 1. The van der Waals surface area contributed by atoms with Crippen LogP contribution in [0.2, 0.25) is 0 Å². The fourth-order valence-corrected chi connectivity index (χ4v) is 1.97. The van der Waals surface area contributed by atoms with Crippen LogP contribution in [0.5, 0.6) is 5.75 Å². The summed E-state index contributed by atoms with van der Waals surface area (Å²) < 4.78 is 5.32. The number of aryl methyl sites for hydroxylation is 1. The van der Waals surface area contributed by atoms with Crippen molar-refractivity contribution in [3.63, 3.8) is 0 Å². The van der Waals surface area contributed by atoms with E-state index < -0.39 is 5.97 Å². The monoisotopic (exact) mass is 271 g/mol. The van der Waals surface area contributed by atoms with Gasteiger partial charge in [-0.05, 0) is 37.3 Å². The number of rotatable bonds is 5. The van der Waals surface area contributed by atoms with Crippen molar-refractivity contribution in [3.05, 3.63) is 59.2 Å². The number of carboxylic acid groups (broad SMARTS) is 1. The van der Waals surface area contributed by atoms with E-state index in [1.807, 2.05) is 19.1 Å². The van der Waals surface area contributed by atoms with E-state index >= 15 is 0 Å². The second-order valence-electron chi connectivity index (χ2n) is 4.55. The molecule has 0 spiro atoms. The molecule has 0 fully saturated rings. The summed E-state index contributed by atoms with van der Waals surface area (Å²) in [6.45, 7) is 2.65. The molecule has 0 radical (unpaired) electrons. The number of carbonyl (C=O) groups is 1. The molecular formula is C16H17NO3. The zero-order valence-electron chi connectivity index (χ0n) is 11.5. The smallest absolute Gasteiger partial charge is 0.335 e. The van der Waals surface area contributed by atoms with E-state index in [9.17, 15) is 4.79 Å². The summed E-state index contributed by atoms with van der Waals surface area (Å²) in [6.07, 6.45) is 0. The highest BCUT2D eigenvalue weighted by Gasteiger charge is 2.04. The molecule has 0 atom stereocenters. The van der Waals surface area contributed by atoms with Gasteiger partial charge in [-0.2, -0.15) is 0 Å². The Morgan fingerprint density at radius 1 is 1.20 bits per heavy atom. The zero-order chi connectivity index (χ0) is 14.5. The molecule has 0 aliphatic heterocycles. The van der Waals surface area contributed by atoms with Gasteiger partial charge in [0.05, 0.1) is 12.7 Å². The quantitative estimate of drug-likeness (QED) is 0.876. The Kier molecular flexibility index (Phi) is 4.25. The molecule has 0 aromatic heterocycles. The van der Waals surface area contributed by atoms with Crippen LogP contribution in [0.3, 0.4) is 0 Å². The summed E-state index contributed by atoms with van der Waals surface area (Å²) in [5.41, 5.74) is 3.39. The first-order valence-electron chi connectivity index (χ1n) is 6.31. The van der Waals surface area contributed by atoms with Gasteiger partial charge >= 0.3 is 5.97 Å². The molecule has 0 aliphatic carbocycles. The van der Waals surface area contributed by atoms with Gasteiger partial charge in [0.25, 0.3) is 0 Å². The second kappa shape index (κ2) is 6.10. The maximum absolute atomic E-state index is 10.8. The molecule has 20 heavy (non-hydrogen) atoms. The van der Waals surface area contributed by atoms with E-state index in [1.165, 1.54) is 5.56 Å². The van der Waals surface area contributed by atoms with Gasteiger partial charge < -0.3 is 15.2 Å². The van der Waals surface area contributed by atoms with E-state index in [-0.39, 0.29) is 5.56 Å². The summed E-state index contributed by atoms with van der Waals surface area (Å²) >= 11 is 0. The van der Waals surface area contributed by atoms with E-state index in [1.54, 1.807) is 31.4 Å². The number of ether oxygens (including phenoxy) is 1. The van der Waals surface area contributed by atoms with Crippen LogP contribution in [0.25, 0.3) is 0 Å². The van der Waals surface area contributed by atoms with Gasteiger partial charge in [-0.15, -0.1) is 0 Å².